The zero-order chi connectivity index (χ0) is 15.0. The molecule has 0 aromatic heterocycles. The van der Waals surface area contributed by atoms with Crippen LogP contribution in [0.1, 0.15) is 39.2 Å². The maximum absolute atomic E-state index is 8.73. The molecule has 0 spiro atoms. The van der Waals surface area contributed by atoms with Gasteiger partial charge in [0.2, 0.25) is 0 Å². The van der Waals surface area contributed by atoms with Crippen LogP contribution in [-0.4, -0.2) is 23.6 Å². The van der Waals surface area contributed by atoms with Gasteiger partial charge in [-0.3, -0.25) is 0 Å². The third-order valence-corrected chi connectivity index (χ3v) is 3.75. The van der Waals surface area contributed by atoms with E-state index in [1.54, 1.807) is 0 Å². The Morgan fingerprint density at radius 1 is 1.35 bits per heavy atom. The maximum Gasteiger partial charge on any atom is 0.144 e. The van der Waals surface area contributed by atoms with E-state index in [2.05, 4.69) is 41.7 Å². The van der Waals surface area contributed by atoms with E-state index in [9.17, 15) is 0 Å². The minimum Gasteiger partial charge on any atom is -0.409 e. The minimum absolute atomic E-state index is 0.277. The van der Waals surface area contributed by atoms with Crippen LogP contribution in [0, 0.1) is 5.41 Å². The van der Waals surface area contributed by atoms with Gasteiger partial charge in [0.15, 0.2) is 0 Å². The molecule has 1 aromatic carbocycles. The van der Waals surface area contributed by atoms with Crippen LogP contribution in [-0.2, 0) is 6.42 Å². The maximum atomic E-state index is 8.73. The lowest BCUT2D eigenvalue weighted by Gasteiger charge is -2.24. The van der Waals surface area contributed by atoms with E-state index in [4.69, 9.17) is 10.9 Å². The molecule has 0 aliphatic rings. The van der Waals surface area contributed by atoms with Crippen molar-refractivity contribution < 1.29 is 5.21 Å². The second kappa shape index (κ2) is 7.90. The molecule has 1 atom stereocenters. The SMILES string of the molecule is CC(CCc1ccccc1)NCCC(C)(C)C(N)=NO. The zero-order valence-corrected chi connectivity index (χ0v) is 12.8. The van der Waals surface area contributed by atoms with Crippen LogP contribution >= 0.6 is 0 Å². The van der Waals surface area contributed by atoms with Crippen molar-refractivity contribution in [2.24, 2.45) is 16.3 Å². The number of nitrogens with one attached hydrogen (secondary N) is 1. The lowest BCUT2D eigenvalue weighted by Crippen LogP contribution is -2.37. The molecule has 0 saturated carbocycles. The van der Waals surface area contributed by atoms with Gasteiger partial charge >= 0.3 is 0 Å². The van der Waals surface area contributed by atoms with E-state index in [1.165, 1.54) is 5.56 Å². The highest BCUT2D eigenvalue weighted by Crippen LogP contribution is 2.19. The van der Waals surface area contributed by atoms with Gasteiger partial charge in [-0.15, -0.1) is 0 Å². The molecule has 0 aliphatic carbocycles. The Bertz CT molecular complexity index is 415. The van der Waals surface area contributed by atoms with Gasteiger partial charge in [-0.05, 0) is 38.3 Å². The van der Waals surface area contributed by atoms with Crippen LogP contribution in [0.3, 0.4) is 0 Å². The Balaban J connectivity index is 2.25. The molecular formula is C16H27N3O. The van der Waals surface area contributed by atoms with Gasteiger partial charge in [0.1, 0.15) is 5.84 Å². The highest BCUT2D eigenvalue weighted by atomic mass is 16.4. The van der Waals surface area contributed by atoms with E-state index in [-0.39, 0.29) is 11.3 Å². The van der Waals surface area contributed by atoms with Gasteiger partial charge < -0.3 is 16.3 Å². The fourth-order valence-electron chi connectivity index (χ4n) is 2.02. The van der Waals surface area contributed by atoms with E-state index in [1.807, 2.05) is 19.9 Å². The fourth-order valence-corrected chi connectivity index (χ4v) is 2.02. The number of benzene rings is 1. The molecule has 4 heteroatoms. The van der Waals surface area contributed by atoms with Crippen LogP contribution in [0.4, 0.5) is 0 Å². The minimum atomic E-state index is -0.277. The Morgan fingerprint density at radius 2 is 2.00 bits per heavy atom. The number of hydrogen-bond acceptors (Lipinski definition) is 3. The summed E-state index contributed by atoms with van der Waals surface area (Å²) in [5, 5.41) is 15.3. The summed E-state index contributed by atoms with van der Waals surface area (Å²) < 4.78 is 0. The first kappa shape index (κ1) is 16.5. The number of oxime groups is 1. The van der Waals surface area contributed by atoms with E-state index in [0.29, 0.717) is 6.04 Å². The summed E-state index contributed by atoms with van der Waals surface area (Å²) in [5.74, 6) is 0.288. The summed E-state index contributed by atoms with van der Waals surface area (Å²) in [7, 11) is 0. The van der Waals surface area contributed by atoms with E-state index >= 15 is 0 Å². The second-order valence-corrected chi connectivity index (χ2v) is 6.00. The second-order valence-electron chi connectivity index (χ2n) is 6.00. The Kier molecular flexibility index (Phi) is 6.52. The average molecular weight is 277 g/mol. The van der Waals surface area contributed by atoms with Crippen LogP contribution in [0.5, 0.6) is 0 Å². The van der Waals surface area contributed by atoms with Crippen molar-refractivity contribution in [2.75, 3.05) is 6.54 Å². The van der Waals surface area contributed by atoms with Crippen molar-refractivity contribution in [2.45, 2.75) is 46.1 Å². The van der Waals surface area contributed by atoms with Gasteiger partial charge in [0.05, 0.1) is 0 Å². The number of nitrogens with zero attached hydrogens (tertiary/aromatic N) is 1. The van der Waals surface area contributed by atoms with Gasteiger partial charge in [-0.1, -0.05) is 49.3 Å². The van der Waals surface area contributed by atoms with Gasteiger partial charge in [-0.2, -0.15) is 0 Å². The van der Waals surface area contributed by atoms with Crippen LogP contribution < -0.4 is 11.1 Å². The molecule has 1 rings (SSSR count). The smallest absolute Gasteiger partial charge is 0.144 e. The molecule has 0 amide bonds. The molecule has 0 heterocycles. The molecule has 1 unspecified atom stereocenters. The molecule has 112 valence electrons. The van der Waals surface area contributed by atoms with Crippen molar-refractivity contribution in [1.82, 2.24) is 5.32 Å². The van der Waals surface area contributed by atoms with Crippen molar-refractivity contribution in [3.05, 3.63) is 35.9 Å². The highest BCUT2D eigenvalue weighted by Gasteiger charge is 2.23. The van der Waals surface area contributed by atoms with Crippen LogP contribution in [0.15, 0.2) is 35.5 Å². The Hall–Kier alpha value is -1.55. The summed E-state index contributed by atoms with van der Waals surface area (Å²) in [6, 6.07) is 11.0. The van der Waals surface area contributed by atoms with Crippen molar-refractivity contribution in [3.63, 3.8) is 0 Å². The first-order valence-electron chi connectivity index (χ1n) is 7.21. The predicted octanol–water partition coefficient (Wildman–Crippen LogP) is 2.76. The number of nitrogens with two attached hydrogens (primary N) is 1. The van der Waals surface area contributed by atoms with Gasteiger partial charge in [-0.25, -0.2) is 0 Å². The molecular weight excluding hydrogens is 250 g/mol. The monoisotopic (exact) mass is 277 g/mol. The van der Waals surface area contributed by atoms with Crippen molar-refractivity contribution in [3.8, 4) is 0 Å². The standard InChI is InChI=1S/C16H27N3O/c1-13(9-10-14-7-5-4-6-8-14)18-12-11-16(2,3)15(17)19-20/h4-8,13,18,20H,9-12H2,1-3H3,(H2,17,19). The first-order chi connectivity index (χ1) is 9.45. The third-order valence-electron chi connectivity index (χ3n) is 3.75. The van der Waals surface area contributed by atoms with Gasteiger partial charge in [0.25, 0.3) is 0 Å². The summed E-state index contributed by atoms with van der Waals surface area (Å²) in [5.41, 5.74) is 6.77. The highest BCUT2D eigenvalue weighted by molar-refractivity contribution is 5.85. The fraction of sp³-hybridized carbons (Fsp3) is 0.562. The lowest BCUT2D eigenvalue weighted by atomic mass is 9.88. The molecule has 0 radical (unpaired) electrons. The first-order valence-corrected chi connectivity index (χ1v) is 7.21. The molecule has 0 bridgehead atoms. The number of amidine groups is 1. The Morgan fingerprint density at radius 3 is 2.60 bits per heavy atom. The predicted molar refractivity (Wildman–Crippen MR) is 84.0 cm³/mol. The lowest BCUT2D eigenvalue weighted by molar-refractivity contribution is 0.304. The molecule has 0 saturated heterocycles. The van der Waals surface area contributed by atoms with E-state index in [0.717, 1.165) is 25.8 Å². The van der Waals surface area contributed by atoms with Crippen molar-refractivity contribution >= 4 is 5.84 Å². The average Bonchev–Trinajstić information content (AvgIpc) is 2.45. The van der Waals surface area contributed by atoms with E-state index < -0.39 is 0 Å². The van der Waals surface area contributed by atoms with Crippen molar-refractivity contribution in [1.29, 1.82) is 0 Å². The molecule has 4 nitrogen and oxygen atoms in total. The summed E-state index contributed by atoms with van der Waals surface area (Å²) >= 11 is 0. The Labute approximate surface area is 122 Å². The van der Waals surface area contributed by atoms with Crippen LogP contribution in [0.2, 0.25) is 0 Å². The topological polar surface area (TPSA) is 70.6 Å². The largest absolute Gasteiger partial charge is 0.409 e. The molecule has 1 aromatic rings. The number of rotatable bonds is 8. The third kappa shape index (κ3) is 5.61. The molecule has 4 N–H and O–H groups in total. The molecule has 0 fully saturated rings. The van der Waals surface area contributed by atoms with Gasteiger partial charge in [0, 0.05) is 11.5 Å². The summed E-state index contributed by atoms with van der Waals surface area (Å²) in [4.78, 5) is 0. The zero-order valence-electron chi connectivity index (χ0n) is 12.8. The molecule has 20 heavy (non-hydrogen) atoms. The number of hydrogen-bond donors (Lipinski definition) is 3. The summed E-state index contributed by atoms with van der Waals surface area (Å²) in [6.45, 7) is 7.02. The summed E-state index contributed by atoms with van der Waals surface area (Å²) in [6.07, 6.45) is 3.03. The van der Waals surface area contributed by atoms with Crippen LogP contribution in [0.25, 0.3) is 0 Å². The number of aryl methyl sites for hydroxylation is 1. The quantitative estimate of drug-likeness (QED) is 0.296. The molecule has 0 aliphatic heterocycles. The normalized spacial score (nSPS) is 14.2.